The molecule has 0 saturated carbocycles. The van der Waals surface area contributed by atoms with Gasteiger partial charge in [0.1, 0.15) is 0 Å². The molecule has 2 atom stereocenters. The highest BCUT2D eigenvalue weighted by Gasteiger charge is 2.21. The molecular formula is C13H20N2. The van der Waals surface area contributed by atoms with Crippen molar-refractivity contribution in [3.05, 3.63) is 35.9 Å². The summed E-state index contributed by atoms with van der Waals surface area (Å²) in [5.41, 5.74) is 1.42. The molecule has 0 bridgehead atoms. The van der Waals surface area contributed by atoms with Crippen molar-refractivity contribution in [3.63, 3.8) is 0 Å². The summed E-state index contributed by atoms with van der Waals surface area (Å²) < 4.78 is 0. The average Bonchev–Trinajstić information content (AvgIpc) is 2.25. The summed E-state index contributed by atoms with van der Waals surface area (Å²) in [4.78, 5) is 2.55. The maximum atomic E-state index is 3.51. The van der Waals surface area contributed by atoms with E-state index in [0.29, 0.717) is 12.1 Å². The van der Waals surface area contributed by atoms with Crippen LogP contribution in [-0.2, 0) is 6.54 Å². The molecular weight excluding hydrogens is 184 g/mol. The van der Waals surface area contributed by atoms with Gasteiger partial charge in [-0.15, -0.1) is 0 Å². The Morgan fingerprint density at radius 2 is 2.00 bits per heavy atom. The van der Waals surface area contributed by atoms with E-state index in [1.54, 1.807) is 0 Å². The molecule has 1 unspecified atom stereocenters. The van der Waals surface area contributed by atoms with E-state index in [0.717, 1.165) is 19.6 Å². The Kier molecular flexibility index (Phi) is 3.39. The Morgan fingerprint density at radius 1 is 1.27 bits per heavy atom. The van der Waals surface area contributed by atoms with Crippen LogP contribution in [-0.4, -0.2) is 30.1 Å². The Labute approximate surface area is 92.3 Å². The lowest BCUT2D eigenvalue weighted by atomic mass is 10.1. The third-order valence-corrected chi connectivity index (χ3v) is 3.12. The van der Waals surface area contributed by atoms with E-state index in [4.69, 9.17) is 0 Å². The number of benzene rings is 1. The Balaban J connectivity index is 1.98. The predicted molar refractivity (Wildman–Crippen MR) is 63.8 cm³/mol. The molecule has 1 aromatic carbocycles. The summed E-state index contributed by atoms with van der Waals surface area (Å²) in [6.45, 7) is 7.88. The maximum Gasteiger partial charge on any atom is 0.0237 e. The molecule has 2 heteroatoms. The normalized spacial score (nSPS) is 27.9. The van der Waals surface area contributed by atoms with Gasteiger partial charge in [-0.3, -0.25) is 4.90 Å². The topological polar surface area (TPSA) is 15.3 Å². The van der Waals surface area contributed by atoms with Gasteiger partial charge < -0.3 is 5.32 Å². The van der Waals surface area contributed by atoms with Crippen LogP contribution in [0.1, 0.15) is 19.4 Å². The number of nitrogens with one attached hydrogen (secondary N) is 1. The van der Waals surface area contributed by atoms with Gasteiger partial charge in [0.25, 0.3) is 0 Å². The second-order valence-corrected chi connectivity index (χ2v) is 4.57. The van der Waals surface area contributed by atoms with Crippen molar-refractivity contribution in [2.45, 2.75) is 32.5 Å². The Hall–Kier alpha value is -0.860. The van der Waals surface area contributed by atoms with Crippen molar-refractivity contribution in [2.24, 2.45) is 0 Å². The molecule has 82 valence electrons. The van der Waals surface area contributed by atoms with E-state index >= 15 is 0 Å². The minimum absolute atomic E-state index is 0.616. The molecule has 0 spiro atoms. The lowest BCUT2D eigenvalue weighted by Crippen LogP contribution is -2.53. The molecule has 2 rings (SSSR count). The standard InChI is InChI=1S/C13H20N2/c1-11-9-15(12(2)8-14-11)10-13-6-4-3-5-7-13/h3-7,11-12,14H,8-10H2,1-2H3/t11?,12-/m1/s1. The number of rotatable bonds is 2. The summed E-state index contributed by atoms with van der Waals surface area (Å²) in [5, 5.41) is 3.51. The van der Waals surface area contributed by atoms with Crippen LogP contribution < -0.4 is 5.32 Å². The van der Waals surface area contributed by atoms with Crippen molar-refractivity contribution < 1.29 is 0 Å². The van der Waals surface area contributed by atoms with E-state index in [2.05, 4.69) is 54.4 Å². The van der Waals surface area contributed by atoms with Crippen molar-refractivity contribution in [1.29, 1.82) is 0 Å². The predicted octanol–water partition coefficient (Wildman–Crippen LogP) is 1.87. The molecule has 15 heavy (non-hydrogen) atoms. The van der Waals surface area contributed by atoms with E-state index in [9.17, 15) is 0 Å². The first-order chi connectivity index (χ1) is 7.25. The molecule has 1 heterocycles. The molecule has 1 N–H and O–H groups in total. The first-order valence-corrected chi connectivity index (χ1v) is 5.77. The van der Waals surface area contributed by atoms with Gasteiger partial charge in [0.05, 0.1) is 0 Å². The fourth-order valence-corrected chi connectivity index (χ4v) is 2.14. The second-order valence-electron chi connectivity index (χ2n) is 4.57. The summed E-state index contributed by atoms with van der Waals surface area (Å²) in [6.07, 6.45) is 0. The highest BCUT2D eigenvalue weighted by molar-refractivity contribution is 5.14. The fourth-order valence-electron chi connectivity index (χ4n) is 2.14. The molecule has 1 saturated heterocycles. The Morgan fingerprint density at radius 3 is 2.73 bits per heavy atom. The van der Waals surface area contributed by atoms with E-state index in [-0.39, 0.29) is 0 Å². The van der Waals surface area contributed by atoms with Gasteiger partial charge in [0, 0.05) is 31.7 Å². The van der Waals surface area contributed by atoms with Crippen molar-refractivity contribution >= 4 is 0 Å². The minimum Gasteiger partial charge on any atom is -0.311 e. The van der Waals surface area contributed by atoms with Crippen molar-refractivity contribution in [2.75, 3.05) is 13.1 Å². The van der Waals surface area contributed by atoms with Gasteiger partial charge >= 0.3 is 0 Å². The SMILES string of the molecule is CC1CN(Cc2ccccc2)[C@H](C)CN1. The third-order valence-electron chi connectivity index (χ3n) is 3.12. The van der Waals surface area contributed by atoms with Crippen molar-refractivity contribution in [1.82, 2.24) is 10.2 Å². The number of piperazine rings is 1. The van der Waals surface area contributed by atoms with E-state index in [1.165, 1.54) is 5.56 Å². The summed E-state index contributed by atoms with van der Waals surface area (Å²) in [5.74, 6) is 0. The van der Waals surface area contributed by atoms with Gasteiger partial charge in [-0.1, -0.05) is 30.3 Å². The number of hydrogen-bond donors (Lipinski definition) is 1. The zero-order valence-corrected chi connectivity index (χ0v) is 9.61. The summed E-state index contributed by atoms with van der Waals surface area (Å²) >= 11 is 0. The van der Waals surface area contributed by atoms with Crippen LogP contribution >= 0.6 is 0 Å². The smallest absolute Gasteiger partial charge is 0.0237 e. The minimum atomic E-state index is 0.616. The molecule has 1 fully saturated rings. The van der Waals surface area contributed by atoms with Crippen LogP contribution in [0.4, 0.5) is 0 Å². The van der Waals surface area contributed by atoms with Crippen molar-refractivity contribution in [3.8, 4) is 0 Å². The van der Waals surface area contributed by atoms with Crippen LogP contribution in [0.2, 0.25) is 0 Å². The third kappa shape index (κ3) is 2.80. The zero-order valence-electron chi connectivity index (χ0n) is 9.61. The quantitative estimate of drug-likeness (QED) is 0.791. The highest BCUT2D eigenvalue weighted by atomic mass is 15.2. The molecule has 0 radical (unpaired) electrons. The zero-order chi connectivity index (χ0) is 10.7. The first-order valence-electron chi connectivity index (χ1n) is 5.77. The van der Waals surface area contributed by atoms with E-state index in [1.807, 2.05) is 0 Å². The molecule has 2 nitrogen and oxygen atoms in total. The van der Waals surface area contributed by atoms with Crippen LogP contribution in [0.15, 0.2) is 30.3 Å². The van der Waals surface area contributed by atoms with Crippen LogP contribution in [0.25, 0.3) is 0 Å². The summed E-state index contributed by atoms with van der Waals surface area (Å²) in [6, 6.07) is 12.0. The number of hydrogen-bond acceptors (Lipinski definition) is 2. The Bertz CT molecular complexity index is 297. The lowest BCUT2D eigenvalue weighted by molar-refractivity contribution is 0.139. The van der Waals surface area contributed by atoms with Crippen LogP contribution in [0.5, 0.6) is 0 Å². The van der Waals surface area contributed by atoms with Gasteiger partial charge in [0.15, 0.2) is 0 Å². The largest absolute Gasteiger partial charge is 0.311 e. The van der Waals surface area contributed by atoms with Gasteiger partial charge in [0.2, 0.25) is 0 Å². The molecule has 0 aromatic heterocycles. The van der Waals surface area contributed by atoms with Gasteiger partial charge in [-0.25, -0.2) is 0 Å². The molecule has 0 aliphatic carbocycles. The number of nitrogens with zero attached hydrogens (tertiary/aromatic N) is 1. The van der Waals surface area contributed by atoms with E-state index < -0.39 is 0 Å². The first kappa shape index (κ1) is 10.7. The van der Waals surface area contributed by atoms with Gasteiger partial charge in [-0.05, 0) is 19.4 Å². The van der Waals surface area contributed by atoms with Crippen LogP contribution in [0, 0.1) is 0 Å². The maximum absolute atomic E-state index is 3.51. The van der Waals surface area contributed by atoms with Crippen LogP contribution in [0.3, 0.4) is 0 Å². The molecule has 1 aliphatic heterocycles. The fraction of sp³-hybridized carbons (Fsp3) is 0.538. The average molecular weight is 204 g/mol. The molecule has 0 amide bonds. The molecule has 1 aliphatic rings. The summed E-state index contributed by atoms with van der Waals surface area (Å²) in [7, 11) is 0. The lowest BCUT2D eigenvalue weighted by Gasteiger charge is -2.37. The monoisotopic (exact) mass is 204 g/mol. The highest BCUT2D eigenvalue weighted by Crippen LogP contribution is 2.11. The molecule has 1 aromatic rings. The second kappa shape index (κ2) is 4.77. The van der Waals surface area contributed by atoms with Gasteiger partial charge in [-0.2, -0.15) is 0 Å².